The molecule has 4 rings (SSSR count). The Labute approximate surface area is 150 Å². The van der Waals surface area contributed by atoms with Gasteiger partial charge in [-0.1, -0.05) is 17.3 Å². The SMILES string of the molecule is COC(=O)c1ccn(-c2cccc(CO)c2)c1[C@@H]1C[C@H]1c1cn(C)nn1. The Hall–Kier alpha value is -2.93. The number of benzene rings is 1. The number of ether oxygens (including phenoxy) is 1. The summed E-state index contributed by atoms with van der Waals surface area (Å²) in [6.45, 7) is -0.0278. The van der Waals surface area contributed by atoms with Gasteiger partial charge in [-0.25, -0.2) is 4.79 Å². The Kier molecular flexibility index (Phi) is 4.08. The fourth-order valence-corrected chi connectivity index (χ4v) is 3.49. The molecule has 1 N–H and O–H groups in total. The van der Waals surface area contributed by atoms with Gasteiger partial charge in [-0.15, -0.1) is 5.10 Å². The maximum absolute atomic E-state index is 12.3. The van der Waals surface area contributed by atoms with Crippen molar-refractivity contribution in [1.82, 2.24) is 19.6 Å². The van der Waals surface area contributed by atoms with Crippen molar-refractivity contribution in [2.75, 3.05) is 7.11 Å². The highest BCUT2D eigenvalue weighted by Crippen LogP contribution is 2.55. The second kappa shape index (κ2) is 6.42. The minimum atomic E-state index is -0.346. The van der Waals surface area contributed by atoms with E-state index < -0.39 is 0 Å². The molecular weight excluding hydrogens is 332 g/mol. The van der Waals surface area contributed by atoms with Gasteiger partial charge in [0.05, 0.1) is 25.0 Å². The zero-order chi connectivity index (χ0) is 18.3. The van der Waals surface area contributed by atoms with Gasteiger partial charge >= 0.3 is 5.97 Å². The van der Waals surface area contributed by atoms with Crippen molar-refractivity contribution in [2.24, 2.45) is 7.05 Å². The minimum absolute atomic E-state index is 0.0278. The zero-order valence-corrected chi connectivity index (χ0v) is 14.7. The number of aliphatic hydroxyl groups excluding tert-OH is 1. The highest BCUT2D eigenvalue weighted by Gasteiger charge is 2.45. The maximum atomic E-state index is 12.3. The Morgan fingerprint density at radius 1 is 1.35 bits per heavy atom. The zero-order valence-electron chi connectivity index (χ0n) is 14.7. The second-order valence-electron chi connectivity index (χ2n) is 6.57. The van der Waals surface area contributed by atoms with Crippen molar-refractivity contribution in [3.8, 4) is 5.69 Å². The fraction of sp³-hybridized carbons (Fsp3) is 0.316. The number of nitrogens with zero attached hydrogens (tertiary/aromatic N) is 4. The lowest BCUT2D eigenvalue weighted by Crippen LogP contribution is -2.07. The van der Waals surface area contributed by atoms with Crippen molar-refractivity contribution in [3.63, 3.8) is 0 Å². The molecule has 0 radical (unpaired) electrons. The molecule has 7 heteroatoms. The van der Waals surface area contributed by atoms with E-state index >= 15 is 0 Å². The van der Waals surface area contributed by atoms with Crippen LogP contribution < -0.4 is 0 Å². The van der Waals surface area contributed by atoms with Crippen LogP contribution in [0.2, 0.25) is 0 Å². The first-order chi connectivity index (χ1) is 12.6. The summed E-state index contributed by atoms with van der Waals surface area (Å²) in [6, 6.07) is 9.44. The van der Waals surface area contributed by atoms with Gasteiger partial charge in [-0.05, 0) is 30.2 Å². The average Bonchev–Trinajstić information content (AvgIpc) is 3.12. The number of carbonyl (C=O) groups excluding carboxylic acids is 1. The first kappa shape index (κ1) is 16.5. The van der Waals surface area contributed by atoms with E-state index in [1.807, 2.05) is 48.3 Å². The van der Waals surface area contributed by atoms with Gasteiger partial charge in [0.1, 0.15) is 0 Å². The highest BCUT2D eigenvalue weighted by molar-refractivity contribution is 5.91. The summed E-state index contributed by atoms with van der Waals surface area (Å²) >= 11 is 0. The lowest BCUT2D eigenvalue weighted by Gasteiger charge is -2.12. The van der Waals surface area contributed by atoms with E-state index in [-0.39, 0.29) is 24.4 Å². The average molecular weight is 352 g/mol. The van der Waals surface area contributed by atoms with Crippen LogP contribution in [0.3, 0.4) is 0 Å². The third kappa shape index (κ3) is 2.80. The van der Waals surface area contributed by atoms with Crippen LogP contribution in [0.5, 0.6) is 0 Å². The van der Waals surface area contributed by atoms with E-state index in [0.717, 1.165) is 29.1 Å². The molecule has 2 aromatic heterocycles. The molecule has 3 aromatic rings. The van der Waals surface area contributed by atoms with Crippen LogP contribution in [-0.4, -0.2) is 37.7 Å². The molecule has 0 amide bonds. The quantitative estimate of drug-likeness (QED) is 0.712. The molecule has 0 bridgehead atoms. The lowest BCUT2D eigenvalue weighted by molar-refractivity contribution is 0.0599. The molecular formula is C19H20N4O3. The smallest absolute Gasteiger partial charge is 0.339 e. The monoisotopic (exact) mass is 352 g/mol. The van der Waals surface area contributed by atoms with Crippen molar-refractivity contribution in [3.05, 3.63) is 65.2 Å². The summed E-state index contributed by atoms with van der Waals surface area (Å²) in [7, 11) is 3.24. The molecule has 0 aliphatic heterocycles. The normalized spacial score (nSPS) is 18.7. The summed E-state index contributed by atoms with van der Waals surface area (Å²) < 4.78 is 8.67. The number of hydrogen-bond donors (Lipinski definition) is 1. The number of carbonyl (C=O) groups is 1. The van der Waals surface area contributed by atoms with Crippen LogP contribution in [-0.2, 0) is 18.4 Å². The molecule has 26 heavy (non-hydrogen) atoms. The molecule has 7 nitrogen and oxygen atoms in total. The highest BCUT2D eigenvalue weighted by atomic mass is 16.5. The first-order valence-electron chi connectivity index (χ1n) is 8.48. The third-order valence-electron chi connectivity index (χ3n) is 4.84. The Balaban J connectivity index is 1.76. The van der Waals surface area contributed by atoms with Crippen LogP contribution in [0.25, 0.3) is 5.69 Å². The van der Waals surface area contributed by atoms with Crippen LogP contribution in [0.4, 0.5) is 0 Å². The van der Waals surface area contributed by atoms with Crippen molar-refractivity contribution < 1.29 is 14.6 Å². The summed E-state index contributed by atoms with van der Waals surface area (Å²) in [5.74, 6) is 0.0669. The van der Waals surface area contributed by atoms with Gasteiger partial charge in [0.25, 0.3) is 0 Å². The molecule has 0 saturated heterocycles. The molecule has 1 aliphatic rings. The maximum Gasteiger partial charge on any atom is 0.339 e. The molecule has 1 fully saturated rings. The van der Waals surface area contributed by atoms with Gasteiger partial charge in [0.15, 0.2) is 0 Å². The summed E-state index contributed by atoms with van der Waals surface area (Å²) in [6.07, 6.45) is 4.71. The van der Waals surface area contributed by atoms with E-state index in [4.69, 9.17) is 4.74 Å². The topological polar surface area (TPSA) is 82.2 Å². The van der Waals surface area contributed by atoms with Gasteiger partial charge in [0.2, 0.25) is 0 Å². The van der Waals surface area contributed by atoms with E-state index in [2.05, 4.69) is 10.3 Å². The molecule has 0 unspecified atom stereocenters. The number of methoxy groups -OCH3 is 1. The predicted molar refractivity (Wildman–Crippen MR) is 94.1 cm³/mol. The Bertz CT molecular complexity index is 959. The van der Waals surface area contributed by atoms with Crippen LogP contribution in [0, 0.1) is 0 Å². The standard InChI is InChI=1S/C19H20N4O3/c1-22-10-17(20-21-22)15-9-16(15)18-14(19(25)26-2)6-7-23(18)13-5-3-4-12(8-13)11-24/h3-8,10,15-16,24H,9,11H2,1-2H3/t15-,16-/m1/s1. The van der Waals surface area contributed by atoms with Crippen molar-refractivity contribution >= 4 is 5.97 Å². The number of aromatic nitrogens is 4. The second-order valence-corrected chi connectivity index (χ2v) is 6.57. The largest absolute Gasteiger partial charge is 0.465 e. The Morgan fingerprint density at radius 2 is 2.19 bits per heavy atom. The Morgan fingerprint density at radius 3 is 2.88 bits per heavy atom. The summed E-state index contributed by atoms with van der Waals surface area (Å²) in [4.78, 5) is 12.3. The van der Waals surface area contributed by atoms with Crippen LogP contribution in [0.1, 0.15) is 45.6 Å². The van der Waals surface area contributed by atoms with Gasteiger partial charge in [-0.3, -0.25) is 4.68 Å². The first-order valence-corrected chi connectivity index (χ1v) is 8.48. The molecule has 2 atom stereocenters. The molecule has 1 aliphatic carbocycles. The van der Waals surface area contributed by atoms with Gasteiger partial charge in [-0.2, -0.15) is 0 Å². The number of esters is 1. The van der Waals surface area contributed by atoms with Crippen LogP contribution >= 0.6 is 0 Å². The fourth-order valence-electron chi connectivity index (χ4n) is 3.49. The lowest BCUT2D eigenvalue weighted by atomic mass is 10.1. The molecule has 0 spiro atoms. The van der Waals surface area contributed by atoms with E-state index in [0.29, 0.717) is 5.56 Å². The predicted octanol–water partition coefficient (Wildman–Crippen LogP) is 2.16. The van der Waals surface area contributed by atoms with Crippen molar-refractivity contribution in [1.29, 1.82) is 0 Å². The van der Waals surface area contributed by atoms with E-state index in [9.17, 15) is 9.90 Å². The molecule has 1 aromatic carbocycles. The number of hydrogen-bond acceptors (Lipinski definition) is 5. The number of rotatable bonds is 5. The van der Waals surface area contributed by atoms with Gasteiger partial charge < -0.3 is 14.4 Å². The van der Waals surface area contributed by atoms with Crippen molar-refractivity contribution in [2.45, 2.75) is 24.9 Å². The van der Waals surface area contributed by atoms with Gasteiger partial charge in [0, 0.05) is 42.7 Å². The minimum Gasteiger partial charge on any atom is -0.465 e. The third-order valence-corrected chi connectivity index (χ3v) is 4.84. The van der Waals surface area contributed by atoms with E-state index in [1.54, 1.807) is 10.7 Å². The number of aliphatic hydroxyl groups is 1. The molecule has 2 heterocycles. The summed E-state index contributed by atoms with van der Waals surface area (Å²) in [5.41, 5.74) is 4.15. The van der Waals surface area contributed by atoms with Crippen LogP contribution in [0.15, 0.2) is 42.7 Å². The van der Waals surface area contributed by atoms with E-state index in [1.165, 1.54) is 7.11 Å². The number of aryl methyl sites for hydroxylation is 1. The molecule has 134 valence electrons. The molecule has 1 saturated carbocycles. The summed E-state index contributed by atoms with van der Waals surface area (Å²) in [5, 5.41) is 17.7.